The normalized spacial score (nSPS) is 24.4. The summed E-state index contributed by atoms with van der Waals surface area (Å²) in [5, 5.41) is 6.13. The van der Waals surface area contributed by atoms with Crippen LogP contribution in [-0.2, 0) is 4.79 Å². The molecule has 0 aromatic heterocycles. The molecule has 5 nitrogen and oxygen atoms in total. The second kappa shape index (κ2) is 6.32. The number of rotatable bonds is 3. The van der Waals surface area contributed by atoms with Gasteiger partial charge in [0.15, 0.2) is 0 Å². The Morgan fingerprint density at radius 2 is 2.44 bits per heavy atom. The molecule has 0 saturated carbocycles. The predicted octanol–water partition coefficient (Wildman–Crippen LogP) is 0.0551. The average molecular weight is 266 g/mol. The Morgan fingerprint density at radius 1 is 1.62 bits per heavy atom. The number of carbonyl (C=O) groups excluding carboxylic acids is 2. The van der Waals surface area contributed by atoms with Crippen molar-refractivity contribution in [3.05, 3.63) is 0 Å². The van der Waals surface area contributed by atoms with E-state index in [9.17, 15) is 9.59 Å². The van der Waals surface area contributed by atoms with E-state index in [1.807, 2.05) is 0 Å². The topological polar surface area (TPSA) is 61.4 Å². The second-order valence-corrected chi connectivity index (χ2v) is 4.84. The molecule has 0 bridgehead atoms. The zero-order chi connectivity index (χ0) is 10.7. The Kier molecular flexibility index (Phi) is 5.37. The molecule has 2 aliphatic heterocycles. The number of carbonyl (C=O) groups is 2. The fourth-order valence-corrected chi connectivity index (χ4v) is 2.62. The number of nitrogens with one attached hydrogen (secondary N) is 2. The molecule has 0 aromatic carbocycles. The summed E-state index contributed by atoms with van der Waals surface area (Å²) < 4.78 is 0. The molecule has 7 heteroatoms. The first-order valence-corrected chi connectivity index (χ1v) is 6.16. The summed E-state index contributed by atoms with van der Waals surface area (Å²) in [4.78, 5) is 24.4. The van der Waals surface area contributed by atoms with Crippen LogP contribution in [0, 0.1) is 0 Å². The van der Waals surface area contributed by atoms with Crippen LogP contribution in [-0.4, -0.2) is 54.0 Å². The first-order chi connectivity index (χ1) is 7.25. The third-order valence-corrected chi connectivity index (χ3v) is 3.50. The lowest BCUT2D eigenvalue weighted by atomic mass is 10.2. The van der Waals surface area contributed by atoms with Crippen molar-refractivity contribution < 1.29 is 9.59 Å². The monoisotopic (exact) mass is 265 g/mol. The van der Waals surface area contributed by atoms with Gasteiger partial charge in [0, 0.05) is 24.9 Å². The van der Waals surface area contributed by atoms with Gasteiger partial charge in [-0.1, -0.05) is 11.8 Å². The molecule has 0 aromatic rings. The van der Waals surface area contributed by atoms with Crippen molar-refractivity contribution in [2.24, 2.45) is 0 Å². The Hall–Kier alpha value is -0.460. The van der Waals surface area contributed by atoms with E-state index >= 15 is 0 Å². The van der Waals surface area contributed by atoms with Gasteiger partial charge >= 0.3 is 0 Å². The molecule has 0 spiro atoms. The highest BCUT2D eigenvalue weighted by Crippen LogP contribution is 2.16. The van der Waals surface area contributed by atoms with E-state index in [0.29, 0.717) is 6.54 Å². The van der Waals surface area contributed by atoms with Gasteiger partial charge in [-0.2, -0.15) is 0 Å². The van der Waals surface area contributed by atoms with Crippen LogP contribution in [0.1, 0.15) is 6.42 Å². The molecular formula is C9H16ClN3O2S. The van der Waals surface area contributed by atoms with Crippen LogP contribution in [0.2, 0.25) is 0 Å². The fourth-order valence-electron chi connectivity index (χ4n) is 1.79. The average Bonchev–Trinajstić information content (AvgIpc) is 2.79. The standard InChI is InChI=1S/C9H15N3O2S.ClH/c13-8(11-7-1-2-10-5-7)6-12-3-4-15-9(12)14;/h7,10H,1-6H2,(H,11,13);1H. The summed E-state index contributed by atoms with van der Waals surface area (Å²) in [6, 6.07) is 0.239. The fraction of sp³-hybridized carbons (Fsp3) is 0.778. The number of amides is 2. The Balaban J connectivity index is 0.00000128. The van der Waals surface area contributed by atoms with Gasteiger partial charge in [-0.25, -0.2) is 0 Å². The van der Waals surface area contributed by atoms with Crippen LogP contribution in [0.15, 0.2) is 0 Å². The van der Waals surface area contributed by atoms with Gasteiger partial charge in [0.2, 0.25) is 5.91 Å². The van der Waals surface area contributed by atoms with Gasteiger partial charge in [-0.05, 0) is 13.0 Å². The molecule has 2 N–H and O–H groups in total. The van der Waals surface area contributed by atoms with Crippen LogP contribution >= 0.6 is 24.2 Å². The van der Waals surface area contributed by atoms with E-state index in [-0.39, 0.29) is 36.1 Å². The molecule has 2 fully saturated rings. The summed E-state index contributed by atoms with van der Waals surface area (Å²) in [5.41, 5.74) is 0. The minimum Gasteiger partial charge on any atom is -0.351 e. The van der Waals surface area contributed by atoms with Crippen LogP contribution in [0.3, 0.4) is 0 Å². The van der Waals surface area contributed by atoms with Gasteiger partial charge in [-0.3, -0.25) is 9.59 Å². The molecule has 2 heterocycles. The van der Waals surface area contributed by atoms with E-state index in [2.05, 4.69) is 10.6 Å². The van der Waals surface area contributed by atoms with Crippen molar-refractivity contribution in [2.75, 3.05) is 31.9 Å². The predicted molar refractivity (Wildman–Crippen MR) is 66.1 cm³/mol. The zero-order valence-electron chi connectivity index (χ0n) is 8.90. The third kappa shape index (κ3) is 3.54. The highest BCUT2D eigenvalue weighted by Gasteiger charge is 2.24. The number of nitrogens with zero attached hydrogens (tertiary/aromatic N) is 1. The van der Waals surface area contributed by atoms with Crippen molar-refractivity contribution in [1.82, 2.24) is 15.5 Å². The van der Waals surface area contributed by atoms with Crippen molar-refractivity contribution >= 4 is 35.3 Å². The number of hydrogen-bond donors (Lipinski definition) is 2. The molecule has 1 atom stereocenters. The van der Waals surface area contributed by atoms with Gasteiger partial charge in [0.1, 0.15) is 6.54 Å². The van der Waals surface area contributed by atoms with E-state index in [4.69, 9.17) is 0 Å². The minimum absolute atomic E-state index is 0. The summed E-state index contributed by atoms with van der Waals surface area (Å²) in [5.74, 6) is 0.761. The molecule has 0 aliphatic carbocycles. The number of halogens is 1. The molecule has 92 valence electrons. The Morgan fingerprint density at radius 3 is 3.00 bits per heavy atom. The molecule has 2 amide bonds. The van der Waals surface area contributed by atoms with Crippen LogP contribution in [0.25, 0.3) is 0 Å². The quantitative estimate of drug-likeness (QED) is 0.757. The molecule has 0 radical (unpaired) electrons. The van der Waals surface area contributed by atoms with Crippen LogP contribution in [0.5, 0.6) is 0 Å². The highest BCUT2D eigenvalue weighted by atomic mass is 35.5. The molecule has 16 heavy (non-hydrogen) atoms. The van der Waals surface area contributed by atoms with Gasteiger partial charge in [0.05, 0.1) is 0 Å². The van der Waals surface area contributed by atoms with E-state index in [1.54, 1.807) is 4.90 Å². The maximum Gasteiger partial charge on any atom is 0.282 e. The number of thioether (sulfide) groups is 1. The summed E-state index contributed by atoms with van der Waals surface area (Å²) >= 11 is 1.28. The highest BCUT2D eigenvalue weighted by molar-refractivity contribution is 8.13. The maximum absolute atomic E-state index is 11.6. The van der Waals surface area contributed by atoms with Crippen molar-refractivity contribution in [2.45, 2.75) is 12.5 Å². The Labute approximate surface area is 105 Å². The summed E-state index contributed by atoms with van der Waals surface area (Å²) in [6.07, 6.45) is 0.981. The van der Waals surface area contributed by atoms with Gasteiger partial charge in [-0.15, -0.1) is 12.4 Å². The molecule has 1 unspecified atom stereocenters. The molecular weight excluding hydrogens is 250 g/mol. The van der Waals surface area contributed by atoms with Crippen LogP contribution in [0.4, 0.5) is 4.79 Å². The third-order valence-electron chi connectivity index (χ3n) is 2.60. The SMILES string of the molecule is Cl.O=C(CN1CCSC1=O)NC1CCNC1. The Bertz CT molecular complexity index is 271. The summed E-state index contributed by atoms with van der Waals surface area (Å²) in [6.45, 7) is 2.71. The first-order valence-electron chi connectivity index (χ1n) is 5.17. The van der Waals surface area contributed by atoms with E-state index < -0.39 is 0 Å². The summed E-state index contributed by atoms with van der Waals surface area (Å²) in [7, 11) is 0. The van der Waals surface area contributed by atoms with Crippen molar-refractivity contribution in [1.29, 1.82) is 0 Å². The molecule has 2 saturated heterocycles. The van der Waals surface area contributed by atoms with Crippen molar-refractivity contribution in [3.8, 4) is 0 Å². The first kappa shape index (κ1) is 13.6. The van der Waals surface area contributed by atoms with Gasteiger partial charge in [0.25, 0.3) is 5.24 Å². The maximum atomic E-state index is 11.6. The largest absolute Gasteiger partial charge is 0.351 e. The lowest BCUT2D eigenvalue weighted by Gasteiger charge is -2.16. The van der Waals surface area contributed by atoms with E-state index in [0.717, 1.165) is 25.3 Å². The van der Waals surface area contributed by atoms with Crippen LogP contribution < -0.4 is 10.6 Å². The van der Waals surface area contributed by atoms with Crippen molar-refractivity contribution in [3.63, 3.8) is 0 Å². The van der Waals surface area contributed by atoms with E-state index in [1.165, 1.54) is 11.8 Å². The lowest BCUT2D eigenvalue weighted by Crippen LogP contribution is -2.43. The minimum atomic E-state index is -0.0421. The number of hydrogen-bond acceptors (Lipinski definition) is 4. The molecule has 2 aliphatic rings. The van der Waals surface area contributed by atoms with Gasteiger partial charge < -0.3 is 15.5 Å². The molecule has 2 rings (SSSR count). The lowest BCUT2D eigenvalue weighted by molar-refractivity contribution is -0.122. The second-order valence-electron chi connectivity index (χ2n) is 3.79. The smallest absolute Gasteiger partial charge is 0.282 e. The zero-order valence-corrected chi connectivity index (χ0v) is 10.5.